The van der Waals surface area contributed by atoms with Crippen LogP contribution in [-0.4, -0.2) is 22.6 Å². The van der Waals surface area contributed by atoms with E-state index in [0.717, 1.165) is 28.6 Å². The minimum atomic E-state index is 0.333. The molecule has 2 nitrogen and oxygen atoms in total. The van der Waals surface area contributed by atoms with E-state index in [0.29, 0.717) is 5.54 Å². The molecular weight excluding hydrogens is 324 g/mol. The lowest BCUT2D eigenvalue weighted by atomic mass is 9.52. The number of nitrogens with one attached hydrogen (secondary N) is 1. The SMILES string of the molecule is CCCCc1ccc(NC(=S)N(C)C23CC4CC(CC(C4)C2)C3)cc1. The number of hydrogen-bond acceptors (Lipinski definition) is 1. The van der Waals surface area contributed by atoms with Crippen molar-refractivity contribution >= 4 is 23.0 Å². The Morgan fingerprint density at radius 1 is 1.08 bits per heavy atom. The van der Waals surface area contributed by atoms with Gasteiger partial charge in [-0.2, -0.15) is 0 Å². The molecular formula is C22H32N2S. The molecule has 1 N–H and O–H groups in total. The monoisotopic (exact) mass is 356 g/mol. The van der Waals surface area contributed by atoms with Crippen LogP contribution in [0, 0.1) is 17.8 Å². The smallest absolute Gasteiger partial charge is 0.173 e. The first-order valence-electron chi connectivity index (χ1n) is 10.2. The summed E-state index contributed by atoms with van der Waals surface area (Å²) in [6.07, 6.45) is 12.2. The van der Waals surface area contributed by atoms with Crippen LogP contribution >= 0.6 is 12.2 Å². The van der Waals surface area contributed by atoms with Crippen LogP contribution in [-0.2, 0) is 6.42 Å². The Bertz CT molecular complexity index is 586. The highest BCUT2D eigenvalue weighted by molar-refractivity contribution is 7.80. The van der Waals surface area contributed by atoms with Gasteiger partial charge in [-0.25, -0.2) is 0 Å². The van der Waals surface area contributed by atoms with Crippen LogP contribution in [0.1, 0.15) is 63.9 Å². The van der Waals surface area contributed by atoms with Crippen LogP contribution in [0.15, 0.2) is 24.3 Å². The fraction of sp³-hybridized carbons (Fsp3) is 0.682. The zero-order valence-electron chi connectivity index (χ0n) is 15.8. The summed E-state index contributed by atoms with van der Waals surface area (Å²) in [4.78, 5) is 2.43. The van der Waals surface area contributed by atoms with E-state index in [4.69, 9.17) is 12.2 Å². The van der Waals surface area contributed by atoms with E-state index in [2.05, 4.69) is 48.5 Å². The van der Waals surface area contributed by atoms with Crippen molar-refractivity contribution in [3.05, 3.63) is 29.8 Å². The van der Waals surface area contributed by atoms with Gasteiger partial charge in [0.1, 0.15) is 0 Å². The number of benzene rings is 1. The molecule has 0 amide bonds. The lowest BCUT2D eigenvalue weighted by molar-refractivity contribution is -0.0538. The molecule has 0 spiro atoms. The minimum absolute atomic E-state index is 0.333. The van der Waals surface area contributed by atoms with Crippen molar-refractivity contribution in [2.24, 2.45) is 17.8 Å². The van der Waals surface area contributed by atoms with E-state index in [9.17, 15) is 0 Å². The zero-order chi connectivity index (χ0) is 17.4. The molecule has 4 bridgehead atoms. The number of aryl methyl sites for hydroxylation is 1. The fourth-order valence-electron chi connectivity index (χ4n) is 6.03. The molecule has 4 saturated carbocycles. The molecule has 0 saturated heterocycles. The van der Waals surface area contributed by atoms with E-state index in [1.807, 2.05) is 0 Å². The van der Waals surface area contributed by atoms with Crippen LogP contribution in [0.3, 0.4) is 0 Å². The number of thiocarbonyl (C=S) groups is 1. The summed E-state index contributed by atoms with van der Waals surface area (Å²) >= 11 is 5.81. The topological polar surface area (TPSA) is 15.3 Å². The molecule has 0 aromatic heterocycles. The Labute approximate surface area is 158 Å². The zero-order valence-corrected chi connectivity index (χ0v) is 16.6. The predicted molar refractivity (Wildman–Crippen MR) is 110 cm³/mol. The first-order chi connectivity index (χ1) is 12.1. The average molecular weight is 357 g/mol. The third kappa shape index (κ3) is 3.45. The van der Waals surface area contributed by atoms with Crippen molar-refractivity contribution in [3.63, 3.8) is 0 Å². The molecule has 1 aromatic rings. The number of rotatable bonds is 5. The van der Waals surface area contributed by atoms with E-state index in [-0.39, 0.29) is 0 Å². The van der Waals surface area contributed by atoms with Crippen molar-refractivity contribution in [3.8, 4) is 0 Å². The Morgan fingerprint density at radius 3 is 2.16 bits per heavy atom. The maximum atomic E-state index is 5.81. The van der Waals surface area contributed by atoms with Crippen LogP contribution in [0.4, 0.5) is 5.69 Å². The minimum Gasteiger partial charge on any atom is -0.346 e. The van der Waals surface area contributed by atoms with Gasteiger partial charge < -0.3 is 10.2 Å². The molecule has 1 aromatic carbocycles. The molecule has 136 valence electrons. The van der Waals surface area contributed by atoms with E-state index < -0.39 is 0 Å². The van der Waals surface area contributed by atoms with Crippen LogP contribution in [0.25, 0.3) is 0 Å². The lowest BCUT2D eigenvalue weighted by Gasteiger charge is -2.60. The van der Waals surface area contributed by atoms with Crippen LogP contribution in [0.5, 0.6) is 0 Å². The Kier molecular flexibility index (Phi) is 4.79. The van der Waals surface area contributed by atoms with E-state index >= 15 is 0 Å². The quantitative estimate of drug-likeness (QED) is 0.689. The summed E-state index contributed by atoms with van der Waals surface area (Å²) < 4.78 is 0. The molecule has 0 radical (unpaired) electrons. The fourth-order valence-corrected chi connectivity index (χ4v) is 6.35. The molecule has 4 aliphatic carbocycles. The Morgan fingerprint density at radius 2 is 1.64 bits per heavy atom. The van der Waals surface area contributed by atoms with Gasteiger partial charge in [0.25, 0.3) is 0 Å². The van der Waals surface area contributed by atoms with Gasteiger partial charge in [0.15, 0.2) is 5.11 Å². The van der Waals surface area contributed by atoms with Gasteiger partial charge >= 0.3 is 0 Å². The third-order valence-electron chi connectivity index (χ3n) is 7.05. The summed E-state index contributed by atoms with van der Waals surface area (Å²) in [5.74, 6) is 2.86. The number of nitrogens with zero attached hydrogens (tertiary/aromatic N) is 1. The summed E-state index contributed by atoms with van der Waals surface area (Å²) in [6.45, 7) is 2.24. The van der Waals surface area contributed by atoms with Crippen LogP contribution in [0.2, 0.25) is 0 Å². The van der Waals surface area contributed by atoms with Gasteiger partial charge in [-0.15, -0.1) is 0 Å². The highest BCUT2D eigenvalue weighted by atomic mass is 32.1. The highest BCUT2D eigenvalue weighted by Gasteiger charge is 2.53. The van der Waals surface area contributed by atoms with Gasteiger partial charge in [0.2, 0.25) is 0 Å². The largest absolute Gasteiger partial charge is 0.346 e. The number of anilines is 1. The summed E-state index contributed by atoms with van der Waals surface area (Å²) in [6, 6.07) is 8.85. The maximum Gasteiger partial charge on any atom is 0.173 e. The summed E-state index contributed by atoms with van der Waals surface area (Å²) in [7, 11) is 2.23. The Balaban J connectivity index is 1.41. The first-order valence-corrected chi connectivity index (χ1v) is 10.6. The van der Waals surface area contributed by atoms with Crippen molar-refractivity contribution < 1.29 is 0 Å². The second kappa shape index (κ2) is 6.90. The Hall–Kier alpha value is -1.09. The van der Waals surface area contributed by atoms with Crippen molar-refractivity contribution in [1.29, 1.82) is 0 Å². The van der Waals surface area contributed by atoms with E-state index in [1.165, 1.54) is 63.4 Å². The van der Waals surface area contributed by atoms with Crippen molar-refractivity contribution in [1.82, 2.24) is 4.90 Å². The molecule has 4 fully saturated rings. The van der Waals surface area contributed by atoms with Gasteiger partial charge in [-0.1, -0.05) is 25.5 Å². The third-order valence-corrected chi connectivity index (χ3v) is 7.42. The number of unbranched alkanes of at least 4 members (excludes halogenated alkanes) is 1. The summed E-state index contributed by atoms with van der Waals surface area (Å²) in [5, 5.41) is 4.41. The molecule has 5 rings (SSSR count). The lowest BCUT2D eigenvalue weighted by Crippen LogP contribution is -2.60. The molecule has 0 atom stereocenters. The van der Waals surface area contributed by atoms with Gasteiger partial charge in [0, 0.05) is 18.3 Å². The first kappa shape index (κ1) is 17.3. The van der Waals surface area contributed by atoms with Gasteiger partial charge in [-0.05, 0) is 99.0 Å². The molecule has 0 heterocycles. The second-order valence-corrected chi connectivity index (χ2v) is 9.32. The number of hydrogen-bond donors (Lipinski definition) is 1. The highest BCUT2D eigenvalue weighted by Crippen LogP contribution is 2.57. The molecule has 3 heteroatoms. The van der Waals surface area contributed by atoms with Crippen molar-refractivity contribution in [2.45, 2.75) is 70.3 Å². The van der Waals surface area contributed by atoms with Crippen molar-refractivity contribution in [2.75, 3.05) is 12.4 Å². The predicted octanol–water partition coefficient (Wildman–Crippen LogP) is 5.63. The maximum absolute atomic E-state index is 5.81. The molecule has 25 heavy (non-hydrogen) atoms. The summed E-state index contributed by atoms with van der Waals surface area (Å²) in [5.41, 5.74) is 2.88. The molecule has 0 unspecified atom stereocenters. The van der Waals surface area contributed by atoms with E-state index in [1.54, 1.807) is 0 Å². The van der Waals surface area contributed by atoms with Crippen LogP contribution < -0.4 is 5.32 Å². The second-order valence-electron chi connectivity index (χ2n) is 8.93. The molecule has 0 aliphatic heterocycles. The van der Waals surface area contributed by atoms with Gasteiger partial charge in [0.05, 0.1) is 0 Å². The molecule has 4 aliphatic rings. The normalized spacial score (nSPS) is 32.6. The average Bonchev–Trinajstić information content (AvgIpc) is 2.59. The van der Waals surface area contributed by atoms with Gasteiger partial charge in [-0.3, -0.25) is 0 Å². The standard InChI is InChI=1S/C22H32N2S/c1-3-4-5-16-6-8-20(9-7-16)23-21(25)24(2)22-13-17-10-18(14-22)12-19(11-17)15-22/h6-9,17-19H,3-5,10-15H2,1-2H3,(H,23,25).